The van der Waals surface area contributed by atoms with Gasteiger partial charge in [-0.3, -0.25) is 4.98 Å². The lowest BCUT2D eigenvalue weighted by molar-refractivity contribution is 0.293. The predicted octanol–water partition coefficient (Wildman–Crippen LogP) is 3.40. The van der Waals surface area contributed by atoms with E-state index in [9.17, 15) is 0 Å². The van der Waals surface area contributed by atoms with Crippen LogP contribution in [0.15, 0.2) is 59.7 Å². The van der Waals surface area contributed by atoms with E-state index in [4.69, 9.17) is 9.73 Å². The zero-order valence-corrected chi connectivity index (χ0v) is 12.5. The molecule has 0 aliphatic carbocycles. The molecule has 0 amide bonds. The molecule has 0 bridgehead atoms. The van der Waals surface area contributed by atoms with Crippen LogP contribution in [0.25, 0.3) is 0 Å². The summed E-state index contributed by atoms with van der Waals surface area (Å²) in [6, 6.07) is 16.6. The average Bonchev–Trinajstić information content (AvgIpc) is 2.98. The first-order valence-electron chi connectivity index (χ1n) is 7.33. The fraction of sp³-hybridized carbons (Fsp3) is 0.333. The molecule has 1 aliphatic heterocycles. The summed E-state index contributed by atoms with van der Waals surface area (Å²) in [5.74, 6) is 0.794. The fourth-order valence-electron chi connectivity index (χ4n) is 2.59. The van der Waals surface area contributed by atoms with Crippen LogP contribution in [0.3, 0.4) is 0 Å². The SMILES string of the molecule is CC(C)(C1=N[C@H](Cc2ccccc2)CO1)c1ccccn1. The molecular formula is C18H20N2O. The van der Waals surface area contributed by atoms with Crippen LogP contribution in [-0.4, -0.2) is 23.5 Å². The smallest absolute Gasteiger partial charge is 0.195 e. The van der Waals surface area contributed by atoms with Crippen molar-refractivity contribution < 1.29 is 4.74 Å². The lowest BCUT2D eigenvalue weighted by atomic mass is 9.88. The Labute approximate surface area is 125 Å². The molecule has 108 valence electrons. The average molecular weight is 280 g/mol. The summed E-state index contributed by atoms with van der Waals surface area (Å²) in [5.41, 5.74) is 2.00. The van der Waals surface area contributed by atoms with Crippen LogP contribution in [0.5, 0.6) is 0 Å². The Bertz CT molecular complexity index is 620. The van der Waals surface area contributed by atoms with Gasteiger partial charge in [0.2, 0.25) is 0 Å². The molecule has 0 spiro atoms. The Kier molecular flexibility index (Phi) is 3.74. The zero-order valence-electron chi connectivity index (χ0n) is 12.5. The van der Waals surface area contributed by atoms with Crippen LogP contribution < -0.4 is 0 Å². The van der Waals surface area contributed by atoms with Gasteiger partial charge in [-0.05, 0) is 38.0 Å². The monoisotopic (exact) mass is 280 g/mol. The largest absolute Gasteiger partial charge is 0.478 e. The second-order valence-corrected chi connectivity index (χ2v) is 5.93. The van der Waals surface area contributed by atoms with Gasteiger partial charge in [0.15, 0.2) is 5.90 Å². The van der Waals surface area contributed by atoms with Gasteiger partial charge in [0.25, 0.3) is 0 Å². The lowest BCUT2D eigenvalue weighted by Crippen LogP contribution is -2.30. The van der Waals surface area contributed by atoms with Crippen LogP contribution in [0, 0.1) is 0 Å². The first-order valence-corrected chi connectivity index (χ1v) is 7.33. The Morgan fingerprint density at radius 2 is 1.86 bits per heavy atom. The molecular weight excluding hydrogens is 260 g/mol. The van der Waals surface area contributed by atoms with Crippen LogP contribution in [0.2, 0.25) is 0 Å². The van der Waals surface area contributed by atoms with Gasteiger partial charge in [-0.2, -0.15) is 0 Å². The molecule has 3 nitrogen and oxygen atoms in total. The van der Waals surface area contributed by atoms with E-state index in [1.165, 1.54) is 5.56 Å². The molecule has 3 rings (SSSR count). The van der Waals surface area contributed by atoms with Crippen LogP contribution in [0.1, 0.15) is 25.1 Å². The Morgan fingerprint density at radius 1 is 1.10 bits per heavy atom. The number of ether oxygens (including phenoxy) is 1. The van der Waals surface area contributed by atoms with Crippen LogP contribution in [0.4, 0.5) is 0 Å². The van der Waals surface area contributed by atoms with Crippen molar-refractivity contribution in [1.82, 2.24) is 4.98 Å². The first kappa shape index (κ1) is 13.8. The summed E-state index contributed by atoms with van der Waals surface area (Å²) in [6.45, 7) is 4.87. The van der Waals surface area contributed by atoms with Gasteiger partial charge >= 0.3 is 0 Å². The summed E-state index contributed by atoms with van der Waals surface area (Å²) in [6.07, 6.45) is 2.73. The Balaban J connectivity index is 1.76. The first-order chi connectivity index (χ1) is 10.2. The number of nitrogens with zero attached hydrogens (tertiary/aromatic N) is 2. The molecule has 2 aromatic rings. The molecule has 1 aromatic carbocycles. The number of hydrogen-bond acceptors (Lipinski definition) is 3. The fourth-order valence-corrected chi connectivity index (χ4v) is 2.59. The van der Waals surface area contributed by atoms with Gasteiger partial charge in [-0.15, -0.1) is 0 Å². The van der Waals surface area contributed by atoms with Gasteiger partial charge in [0, 0.05) is 6.20 Å². The molecule has 0 fully saturated rings. The molecule has 1 atom stereocenters. The Hall–Kier alpha value is -2.16. The van der Waals surface area contributed by atoms with Crippen molar-refractivity contribution in [3.05, 3.63) is 66.0 Å². The highest BCUT2D eigenvalue weighted by Gasteiger charge is 2.34. The molecule has 21 heavy (non-hydrogen) atoms. The predicted molar refractivity (Wildman–Crippen MR) is 84.6 cm³/mol. The number of rotatable bonds is 4. The standard InChI is InChI=1S/C18H20N2O/c1-18(2,16-10-6-7-11-19-16)17-20-15(13-21-17)12-14-8-4-3-5-9-14/h3-11,15H,12-13H2,1-2H3/t15-/m1/s1. The van der Waals surface area contributed by atoms with E-state index in [2.05, 4.69) is 43.1 Å². The molecule has 0 saturated heterocycles. The zero-order chi connectivity index (χ0) is 14.7. The quantitative estimate of drug-likeness (QED) is 0.860. The maximum Gasteiger partial charge on any atom is 0.195 e. The van der Waals surface area contributed by atoms with E-state index < -0.39 is 0 Å². The van der Waals surface area contributed by atoms with Crippen LogP contribution in [-0.2, 0) is 16.6 Å². The molecule has 0 N–H and O–H groups in total. The number of pyridine rings is 1. The van der Waals surface area contributed by atoms with E-state index >= 15 is 0 Å². The minimum Gasteiger partial charge on any atom is -0.478 e. The van der Waals surface area contributed by atoms with E-state index in [1.54, 1.807) is 0 Å². The molecule has 2 heterocycles. The number of aliphatic imine (C=N–C) groups is 1. The minimum absolute atomic E-state index is 0.199. The van der Waals surface area contributed by atoms with E-state index in [0.29, 0.717) is 6.61 Å². The number of aromatic nitrogens is 1. The highest BCUT2D eigenvalue weighted by molar-refractivity contribution is 5.88. The Morgan fingerprint density at radius 3 is 2.57 bits per heavy atom. The van der Waals surface area contributed by atoms with Gasteiger partial charge < -0.3 is 4.74 Å². The van der Waals surface area contributed by atoms with Gasteiger partial charge in [0.1, 0.15) is 6.61 Å². The highest BCUT2D eigenvalue weighted by atomic mass is 16.5. The minimum atomic E-state index is -0.285. The third kappa shape index (κ3) is 2.97. The summed E-state index contributed by atoms with van der Waals surface area (Å²) >= 11 is 0. The van der Waals surface area contributed by atoms with Crippen molar-refractivity contribution in [2.24, 2.45) is 4.99 Å². The van der Waals surface area contributed by atoms with Crippen molar-refractivity contribution in [2.45, 2.75) is 31.7 Å². The highest BCUT2D eigenvalue weighted by Crippen LogP contribution is 2.27. The van der Waals surface area contributed by atoms with Crippen LogP contribution >= 0.6 is 0 Å². The van der Waals surface area contributed by atoms with Gasteiger partial charge in [0.05, 0.1) is 17.2 Å². The summed E-state index contributed by atoms with van der Waals surface area (Å²) < 4.78 is 5.87. The molecule has 0 saturated carbocycles. The van der Waals surface area contributed by atoms with Gasteiger partial charge in [-0.25, -0.2) is 4.99 Å². The van der Waals surface area contributed by atoms with E-state index in [-0.39, 0.29) is 11.5 Å². The summed E-state index contributed by atoms with van der Waals surface area (Å²) in [7, 11) is 0. The van der Waals surface area contributed by atoms with Crippen molar-refractivity contribution in [1.29, 1.82) is 0 Å². The normalized spacial score (nSPS) is 18.2. The maximum atomic E-state index is 5.87. The van der Waals surface area contributed by atoms with E-state index in [1.807, 2.05) is 30.5 Å². The van der Waals surface area contributed by atoms with Crippen molar-refractivity contribution >= 4 is 5.90 Å². The third-order valence-electron chi connectivity index (χ3n) is 3.87. The lowest BCUT2D eigenvalue weighted by Gasteiger charge is -2.22. The van der Waals surface area contributed by atoms with Crippen molar-refractivity contribution in [3.8, 4) is 0 Å². The molecule has 1 aromatic heterocycles. The second-order valence-electron chi connectivity index (χ2n) is 5.93. The molecule has 0 unspecified atom stereocenters. The number of benzene rings is 1. The molecule has 0 radical (unpaired) electrons. The summed E-state index contributed by atoms with van der Waals surface area (Å²) in [5, 5.41) is 0. The number of hydrogen-bond donors (Lipinski definition) is 0. The van der Waals surface area contributed by atoms with Crippen molar-refractivity contribution in [3.63, 3.8) is 0 Å². The second kappa shape index (κ2) is 5.68. The maximum absolute atomic E-state index is 5.87. The topological polar surface area (TPSA) is 34.5 Å². The van der Waals surface area contributed by atoms with E-state index in [0.717, 1.165) is 18.0 Å². The third-order valence-corrected chi connectivity index (χ3v) is 3.87. The van der Waals surface area contributed by atoms with Crippen molar-refractivity contribution in [2.75, 3.05) is 6.61 Å². The molecule has 1 aliphatic rings. The summed E-state index contributed by atoms with van der Waals surface area (Å²) in [4.78, 5) is 9.23. The molecule has 3 heteroatoms. The van der Waals surface area contributed by atoms with Gasteiger partial charge in [-0.1, -0.05) is 36.4 Å².